The van der Waals surface area contributed by atoms with Crippen LogP contribution in [0.2, 0.25) is 0 Å². The van der Waals surface area contributed by atoms with Crippen molar-refractivity contribution in [2.75, 3.05) is 0 Å². The van der Waals surface area contributed by atoms with Crippen molar-refractivity contribution in [1.82, 2.24) is 10.2 Å². The van der Waals surface area contributed by atoms with E-state index in [1.54, 1.807) is 11.3 Å². The summed E-state index contributed by atoms with van der Waals surface area (Å²) in [7, 11) is 0. The number of hydrogen-bond donors (Lipinski definition) is 0. The highest BCUT2D eigenvalue weighted by Gasteiger charge is 2.26. The molecule has 0 aliphatic heterocycles. The molecule has 3 heteroatoms. The van der Waals surface area contributed by atoms with Gasteiger partial charge in [-0.05, 0) is 19.8 Å². The van der Waals surface area contributed by atoms with E-state index in [0.717, 1.165) is 10.9 Å². The van der Waals surface area contributed by atoms with Crippen molar-refractivity contribution in [3.05, 3.63) is 10.0 Å². The van der Waals surface area contributed by atoms with Gasteiger partial charge >= 0.3 is 0 Å². The zero-order valence-electron chi connectivity index (χ0n) is 7.29. The van der Waals surface area contributed by atoms with Crippen LogP contribution < -0.4 is 0 Å². The number of aryl methyl sites for hydroxylation is 1. The minimum Gasteiger partial charge on any atom is -0.144 e. The summed E-state index contributed by atoms with van der Waals surface area (Å²) in [5.74, 6) is 0.774. The highest BCUT2D eigenvalue weighted by Crippen LogP contribution is 2.40. The Labute approximate surface area is 71.7 Å². The molecule has 1 heterocycles. The fourth-order valence-electron chi connectivity index (χ4n) is 0.807. The molecular weight excluding hydrogens is 156 g/mol. The third kappa shape index (κ3) is 2.26. The molecule has 2 rings (SSSR count). The van der Waals surface area contributed by atoms with Gasteiger partial charge in [0.25, 0.3) is 0 Å². The van der Waals surface area contributed by atoms with E-state index in [1.807, 2.05) is 20.8 Å². The van der Waals surface area contributed by atoms with Gasteiger partial charge in [0.15, 0.2) is 0 Å². The van der Waals surface area contributed by atoms with Crippen molar-refractivity contribution < 1.29 is 0 Å². The molecule has 1 aliphatic carbocycles. The summed E-state index contributed by atoms with van der Waals surface area (Å²) in [6, 6.07) is 0. The molecule has 0 atom stereocenters. The van der Waals surface area contributed by atoms with E-state index in [-0.39, 0.29) is 0 Å². The number of hydrogen-bond acceptors (Lipinski definition) is 3. The van der Waals surface area contributed by atoms with E-state index in [1.165, 1.54) is 17.8 Å². The average Bonchev–Trinajstić information content (AvgIpc) is 2.80. The number of aromatic nitrogens is 2. The van der Waals surface area contributed by atoms with Crippen LogP contribution in [0.4, 0.5) is 0 Å². The van der Waals surface area contributed by atoms with Gasteiger partial charge in [-0.2, -0.15) is 0 Å². The highest BCUT2D eigenvalue weighted by molar-refractivity contribution is 7.11. The fourth-order valence-corrected chi connectivity index (χ4v) is 1.68. The highest BCUT2D eigenvalue weighted by atomic mass is 32.1. The lowest BCUT2D eigenvalue weighted by atomic mass is 10.5. The first kappa shape index (κ1) is 8.65. The topological polar surface area (TPSA) is 25.8 Å². The molecule has 62 valence electrons. The van der Waals surface area contributed by atoms with Crippen molar-refractivity contribution in [2.24, 2.45) is 0 Å². The van der Waals surface area contributed by atoms with Gasteiger partial charge in [-0.3, -0.25) is 0 Å². The zero-order valence-corrected chi connectivity index (χ0v) is 8.11. The molecule has 0 radical (unpaired) electrons. The van der Waals surface area contributed by atoms with Crippen molar-refractivity contribution >= 4 is 11.3 Å². The van der Waals surface area contributed by atoms with E-state index in [9.17, 15) is 0 Å². The standard InChI is InChI=1S/C6H8N2S.C2H6/c1-4-7-8-6(9-4)5-2-3-5;1-2/h5H,2-3H2,1H3;1-2H3. The third-order valence-electron chi connectivity index (χ3n) is 1.47. The van der Waals surface area contributed by atoms with Gasteiger partial charge in [0.1, 0.15) is 10.0 Å². The van der Waals surface area contributed by atoms with Gasteiger partial charge < -0.3 is 0 Å². The van der Waals surface area contributed by atoms with Crippen LogP contribution in [-0.4, -0.2) is 10.2 Å². The Morgan fingerprint density at radius 2 is 1.91 bits per heavy atom. The summed E-state index contributed by atoms with van der Waals surface area (Å²) < 4.78 is 0. The Bertz CT molecular complexity index is 216. The van der Waals surface area contributed by atoms with Crippen LogP contribution >= 0.6 is 11.3 Å². The Morgan fingerprint density at radius 1 is 1.27 bits per heavy atom. The quantitative estimate of drug-likeness (QED) is 0.647. The van der Waals surface area contributed by atoms with Crippen LogP contribution in [0.25, 0.3) is 0 Å². The van der Waals surface area contributed by atoms with E-state index < -0.39 is 0 Å². The maximum Gasteiger partial charge on any atom is 0.120 e. The summed E-state index contributed by atoms with van der Waals surface area (Å²) in [5.41, 5.74) is 0. The SMILES string of the molecule is CC.Cc1nnc(C2CC2)s1. The second kappa shape index (κ2) is 3.81. The van der Waals surface area contributed by atoms with Crippen molar-refractivity contribution in [2.45, 2.75) is 39.5 Å². The van der Waals surface area contributed by atoms with Crippen LogP contribution in [0.1, 0.15) is 42.6 Å². The van der Waals surface area contributed by atoms with Crippen LogP contribution in [0.5, 0.6) is 0 Å². The third-order valence-corrected chi connectivity index (χ3v) is 2.47. The van der Waals surface area contributed by atoms with E-state index in [2.05, 4.69) is 10.2 Å². The number of nitrogens with zero attached hydrogens (tertiary/aromatic N) is 2. The average molecular weight is 170 g/mol. The fraction of sp³-hybridized carbons (Fsp3) is 0.750. The van der Waals surface area contributed by atoms with E-state index in [0.29, 0.717) is 0 Å². The second-order valence-corrected chi connectivity index (χ2v) is 3.65. The molecule has 1 saturated carbocycles. The summed E-state index contributed by atoms with van der Waals surface area (Å²) in [4.78, 5) is 0. The first-order valence-corrected chi connectivity index (χ1v) is 4.98. The van der Waals surface area contributed by atoms with Crippen molar-refractivity contribution in [3.63, 3.8) is 0 Å². The molecule has 1 fully saturated rings. The van der Waals surface area contributed by atoms with Gasteiger partial charge in [-0.15, -0.1) is 21.5 Å². The maximum absolute atomic E-state index is 4.05. The molecule has 0 spiro atoms. The Balaban J connectivity index is 0.000000281. The zero-order chi connectivity index (χ0) is 8.27. The molecule has 1 aliphatic rings. The van der Waals surface area contributed by atoms with Crippen LogP contribution in [0.3, 0.4) is 0 Å². The normalized spacial score (nSPS) is 15.5. The van der Waals surface area contributed by atoms with E-state index >= 15 is 0 Å². The lowest BCUT2D eigenvalue weighted by Crippen LogP contribution is -1.74. The predicted octanol–water partition coefficient (Wildman–Crippen LogP) is 2.75. The van der Waals surface area contributed by atoms with E-state index in [4.69, 9.17) is 0 Å². The molecule has 0 saturated heterocycles. The molecule has 0 aromatic carbocycles. The van der Waals surface area contributed by atoms with Crippen LogP contribution in [-0.2, 0) is 0 Å². The van der Waals surface area contributed by atoms with Crippen LogP contribution in [0, 0.1) is 6.92 Å². The Hall–Kier alpha value is -0.440. The molecule has 2 nitrogen and oxygen atoms in total. The number of rotatable bonds is 1. The minimum absolute atomic E-state index is 0.774. The maximum atomic E-state index is 4.05. The lowest BCUT2D eigenvalue weighted by Gasteiger charge is -1.79. The first-order valence-electron chi connectivity index (χ1n) is 4.16. The Morgan fingerprint density at radius 3 is 2.27 bits per heavy atom. The molecular formula is C8H14N2S. The monoisotopic (exact) mass is 170 g/mol. The predicted molar refractivity (Wildman–Crippen MR) is 48.0 cm³/mol. The Kier molecular flexibility index (Phi) is 3.00. The summed E-state index contributed by atoms with van der Waals surface area (Å²) in [6.07, 6.45) is 2.66. The molecule has 0 unspecified atom stereocenters. The van der Waals surface area contributed by atoms with Crippen molar-refractivity contribution in [3.8, 4) is 0 Å². The minimum atomic E-state index is 0.774. The second-order valence-electron chi connectivity index (χ2n) is 2.43. The molecule has 0 N–H and O–H groups in total. The molecule has 1 aromatic heterocycles. The largest absolute Gasteiger partial charge is 0.144 e. The smallest absolute Gasteiger partial charge is 0.120 e. The lowest BCUT2D eigenvalue weighted by molar-refractivity contribution is 0.958. The summed E-state index contributed by atoms with van der Waals surface area (Å²) in [6.45, 7) is 6.00. The summed E-state index contributed by atoms with van der Waals surface area (Å²) in [5, 5.41) is 10.3. The van der Waals surface area contributed by atoms with Crippen molar-refractivity contribution in [1.29, 1.82) is 0 Å². The molecule has 0 amide bonds. The summed E-state index contributed by atoms with van der Waals surface area (Å²) >= 11 is 1.74. The van der Waals surface area contributed by atoms with Crippen LogP contribution in [0.15, 0.2) is 0 Å². The molecule has 0 bridgehead atoms. The van der Waals surface area contributed by atoms with Gasteiger partial charge in [-0.1, -0.05) is 13.8 Å². The van der Waals surface area contributed by atoms with Gasteiger partial charge in [0, 0.05) is 5.92 Å². The van der Waals surface area contributed by atoms with Gasteiger partial charge in [0.2, 0.25) is 0 Å². The van der Waals surface area contributed by atoms with Gasteiger partial charge in [-0.25, -0.2) is 0 Å². The molecule has 11 heavy (non-hydrogen) atoms. The first-order chi connectivity index (χ1) is 5.36. The molecule has 1 aromatic rings. The van der Waals surface area contributed by atoms with Gasteiger partial charge in [0.05, 0.1) is 0 Å².